The van der Waals surface area contributed by atoms with Crippen molar-refractivity contribution in [2.75, 3.05) is 36.4 Å². The first-order chi connectivity index (χ1) is 14.7. The van der Waals surface area contributed by atoms with Crippen molar-refractivity contribution in [3.8, 4) is 6.07 Å². The molecule has 1 amide bonds. The summed E-state index contributed by atoms with van der Waals surface area (Å²) in [7, 11) is 0. The van der Waals surface area contributed by atoms with Gasteiger partial charge in [-0.05, 0) is 35.9 Å². The van der Waals surface area contributed by atoms with Crippen molar-refractivity contribution >= 4 is 17.5 Å². The van der Waals surface area contributed by atoms with Gasteiger partial charge in [-0.2, -0.15) is 5.26 Å². The average Bonchev–Trinajstić information content (AvgIpc) is 2.81. The summed E-state index contributed by atoms with van der Waals surface area (Å²) in [6.07, 6.45) is 1.62. The largest absolute Gasteiger partial charge is 0.338 e. The van der Waals surface area contributed by atoms with Gasteiger partial charge in [0, 0.05) is 44.6 Å². The lowest BCUT2D eigenvalue weighted by atomic mass is 10.2. The van der Waals surface area contributed by atoms with E-state index in [0.29, 0.717) is 22.9 Å². The highest BCUT2D eigenvalue weighted by Gasteiger charge is 2.20. The third kappa shape index (κ3) is 4.80. The summed E-state index contributed by atoms with van der Waals surface area (Å²) >= 11 is 0. The van der Waals surface area contributed by atoms with Crippen LogP contribution in [0.1, 0.15) is 21.6 Å². The molecule has 1 N–H and O–H groups in total. The molecule has 2 heterocycles. The molecule has 30 heavy (non-hydrogen) atoms. The first kappa shape index (κ1) is 19.6. The summed E-state index contributed by atoms with van der Waals surface area (Å²) in [5.74, 6) is 0.271. The highest BCUT2D eigenvalue weighted by Crippen LogP contribution is 2.15. The Balaban J connectivity index is 1.36. The number of nitrogens with one attached hydrogen (secondary N) is 1. The Labute approximate surface area is 175 Å². The van der Waals surface area contributed by atoms with Crippen molar-refractivity contribution in [3.05, 3.63) is 83.7 Å². The number of nitriles is 1. The summed E-state index contributed by atoms with van der Waals surface area (Å²) in [6.45, 7) is 4.39. The second-order valence-corrected chi connectivity index (χ2v) is 7.13. The number of hydrogen-bond donors (Lipinski definition) is 1. The minimum absolute atomic E-state index is 0.300. The third-order valence-corrected chi connectivity index (χ3v) is 5.05. The number of anilines is 2. The molecule has 4 rings (SSSR count). The van der Waals surface area contributed by atoms with E-state index in [0.717, 1.165) is 32.7 Å². The van der Waals surface area contributed by atoms with Crippen LogP contribution < -0.4 is 10.2 Å². The first-order valence-electron chi connectivity index (χ1n) is 9.87. The normalized spacial score (nSPS) is 14.2. The van der Waals surface area contributed by atoms with Crippen LogP contribution in [-0.2, 0) is 6.54 Å². The Bertz CT molecular complexity index is 1040. The van der Waals surface area contributed by atoms with Gasteiger partial charge in [-0.15, -0.1) is 0 Å². The molecule has 7 nitrogen and oxygen atoms in total. The molecule has 1 aliphatic heterocycles. The molecule has 0 unspecified atom stereocenters. The molecular formula is C23H22N6O. The number of rotatable bonds is 5. The van der Waals surface area contributed by atoms with E-state index >= 15 is 0 Å². The molecule has 1 aromatic heterocycles. The van der Waals surface area contributed by atoms with Gasteiger partial charge < -0.3 is 10.2 Å². The molecule has 0 bridgehead atoms. The fourth-order valence-corrected chi connectivity index (χ4v) is 3.40. The lowest BCUT2D eigenvalue weighted by molar-refractivity contribution is 0.102. The van der Waals surface area contributed by atoms with Crippen LogP contribution in [-0.4, -0.2) is 47.0 Å². The van der Waals surface area contributed by atoms with Crippen LogP contribution in [0.15, 0.2) is 66.9 Å². The van der Waals surface area contributed by atoms with Crippen molar-refractivity contribution in [1.29, 1.82) is 5.26 Å². The first-order valence-corrected chi connectivity index (χ1v) is 9.87. The summed E-state index contributed by atoms with van der Waals surface area (Å²) in [6, 6.07) is 20.8. The minimum atomic E-state index is -0.300. The molecule has 0 radical (unpaired) electrons. The van der Waals surface area contributed by atoms with Crippen LogP contribution in [0.5, 0.6) is 0 Å². The predicted octanol–water partition coefficient (Wildman–Crippen LogP) is 2.92. The summed E-state index contributed by atoms with van der Waals surface area (Å²) < 4.78 is 0. The van der Waals surface area contributed by atoms with Crippen LogP contribution in [0.2, 0.25) is 0 Å². The molecular weight excluding hydrogens is 376 g/mol. The van der Waals surface area contributed by atoms with E-state index in [2.05, 4.69) is 55.4 Å². The fraction of sp³-hybridized carbons (Fsp3) is 0.217. The summed E-state index contributed by atoms with van der Waals surface area (Å²) in [4.78, 5) is 25.9. The number of carbonyl (C=O) groups is 1. The average molecular weight is 398 g/mol. The molecule has 150 valence electrons. The van der Waals surface area contributed by atoms with Gasteiger partial charge in [0.15, 0.2) is 0 Å². The number of nitrogens with zero attached hydrogens (tertiary/aromatic N) is 5. The van der Waals surface area contributed by atoms with Crippen molar-refractivity contribution in [3.63, 3.8) is 0 Å². The topological polar surface area (TPSA) is 85.1 Å². The van der Waals surface area contributed by atoms with Crippen molar-refractivity contribution in [2.45, 2.75) is 6.54 Å². The molecule has 7 heteroatoms. The SMILES string of the molecule is N#Cc1ccc(NC(=O)c2ccnc(N3CCN(Cc4ccccc4)CC3)n2)cc1. The Kier molecular flexibility index (Phi) is 5.97. The Morgan fingerprint density at radius 1 is 1.00 bits per heavy atom. The van der Waals surface area contributed by atoms with Crippen LogP contribution in [0.25, 0.3) is 0 Å². The number of hydrogen-bond acceptors (Lipinski definition) is 6. The van der Waals surface area contributed by atoms with E-state index in [1.807, 2.05) is 6.07 Å². The number of piperazine rings is 1. The van der Waals surface area contributed by atoms with Gasteiger partial charge in [-0.1, -0.05) is 30.3 Å². The molecule has 3 aromatic rings. The lowest BCUT2D eigenvalue weighted by Gasteiger charge is -2.34. The third-order valence-electron chi connectivity index (χ3n) is 5.05. The zero-order valence-corrected chi connectivity index (χ0v) is 16.5. The van der Waals surface area contributed by atoms with Gasteiger partial charge in [0.05, 0.1) is 11.6 Å². The monoisotopic (exact) mass is 398 g/mol. The van der Waals surface area contributed by atoms with Crippen LogP contribution in [0.4, 0.5) is 11.6 Å². The fourth-order valence-electron chi connectivity index (χ4n) is 3.40. The number of amides is 1. The van der Waals surface area contributed by atoms with Crippen LogP contribution in [0, 0.1) is 11.3 Å². The molecule has 1 aliphatic rings. The van der Waals surface area contributed by atoms with Gasteiger partial charge in [0.2, 0.25) is 5.95 Å². The van der Waals surface area contributed by atoms with E-state index in [4.69, 9.17) is 5.26 Å². The molecule has 2 aromatic carbocycles. The van der Waals surface area contributed by atoms with E-state index < -0.39 is 0 Å². The van der Waals surface area contributed by atoms with Gasteiger partial charge in [0.25, 0.3) is 5.91 Å². The Morgan fingerprint density at radius 3 is 2.43 bits per heavy atom. The van der Waals surface area contributed by atoms with Gasteiger partial charge in [-0.3, -0.25) is 9.69 Å². The highest BCUT2D eigenvalue weighted by molar-refractivity contribution is 6.03. The second-order valence-electron chi connectivity index (χ2n) is 7.13. The maximum atomic E-state index is 12.6. The molecule has 0 atom stereocenters. The standard InChI is InChI=1S/C23H22N6O/c24-16-18-6-8-20(9-7-18)26-22(30)21-10-11-25-23(27-21)29-14-12-28(13-15-29)17-19-4-2-1-3-5-19/h1-11H,12-15,17H2,(H,26,30). The maximum absolute atomic E-state index is 12.6. The number of carbonyl (C=O) groups excluding carboxylic acids is 1. The van der Waals surface area contributed by atoms with Crippen molar-refractivity contribution in [1.82, 2.24) is 14.9 Å². The smallest absolute Gasteiger partial charge is 0.274 e. The minimum Gasteiger partial charge on any atom is -0.338 e. The zero-order chi connectivity index (χ0) is 20.8. The molecule has 1 saturated heterocycles. The maximum Gasteiger partial charge on any atom is 0.274 e. The highest BCUT2D eigenvalue weighted by atomic mass is 16.1. The summed E-state index contributed by atoms with van der Waals surface area (Å²) in [5, 5.41) is 11.7. The van der Waals surface area contributed by atoms with E-state index in [1.165, 1.54) is 5.56 Å². The van der Waals surface area contributed by atoms with Gasteiger partial charge >= 0.3 is 0 Å². The second kappa shape index (κ2) is 9.16. The molecule has 0 spiro atoms. The quantitative estimate of drug-likeness (QED) is 0.711. The number of benzene rings is 2. The summed E-state index contributed by atoms with van der Waals surface area (Å²) in [5.41, 5.74) is 2.79. The van der Waals surface area contributed by atoms with Crippen molar-refractivity contribution < 1.29 is 4.79 Å². The van der Waals surface area contributed by atoms with E-state index in [9.17, 15) is 4.79 Å². The van der Waals surface area contributed by atoms with Gasteiger partial charge in [-0.25, -0.2) is 9.97 Å². The Hall–Kier alpha value is -3.76. The molecule has 0 saturated carbocycles. The van der Waals surface area contributed by atoms with E-state index in [1.54, 1.807) is 36.5 Å². The molecule has 0 aliphatic carbocycles. The van der Waals surface area contributed by atoms with Gasteiger partial charge in [0.1, 0.15) is 5.69 Å². The van der Waals surface area contributed by atoms with Crippen LogP contribution in [0.3, 0.4) is 0 Å². The lowest BCUT2D eigenvalue weighted by Crippen LogP contribution is -2.46. The van der Waals surface area contributed by atoms with Crippen molar-refractivity contribution in [2.24, 2.45) is 0 Å². The molecule has 1 fully saturated rings. The van der Waals surface area contributed by atoms with E-state index in [-0.39, 0.29) is 5.91 Å². The number of aromatic nitrogens is 2. The Morgan fingerprint density at radius 2 is 1.73 bits per heavy atom. The predicted molar refractivity (Wildman–Crippen MR) is 115 cm³/mol. The zero-order valence-electron chi connectivity index (χ0n) is 16.5. The van der Waals surface area contributed by atoms with Crippen LogP contribution >= 0.6 is 0 Å².